The van der Waals surface area contributed by atoms with Gasteiger partial charge in [-0.2, -0.15) is 45.4 Å². The second-order valence-corrected chi connectivity index (χ2v) is 4.97. The lowest BCUT2D eigenvalue weighted by atomic mass is 10.0. The molecule has 0 aliphatic rings. The lowest BCUT2D eigenvalue weighted by Crippen LogP contribution is -2.70. The first-order valence-corrected chi connectivity index (χ1v) is 5.48. The zero-order valence-electron chi connectivity index (χ0n) is 9.00. The van der Waals surface area contributed by atoms with Crippen LogP contribution >= 0.6 is 0 Å². The van der Waals surface area contributed by atoms with Gasteiger partial charge in [-0.05, 0) is 4.21 Å². The molecule has 16 heteroatoms. The Hall–Kier alpha value is -0.740. The molecule has 0 fully saturated rings. The predicted octanol–water partition coefficient (Wildman–Crippen LogP) is 1.98. The van der Waals surface area contributed by atoms with Crippen LogP contribution in [0.3, 0.4) is 0 Å². The van der Waals surface area contributed by atoms with Crippen molar-refractivity contribution in [3.8, 4) is 0 Å². The Kier molecular flexibility index (Phi) is 4.71. The highest BCUT2D eigenvalue weighted by atomic mass is 32.3. The van der Waals surface area contributed by atoms with Crippen molar-refractivity contribution in [3.05, 3.63) is 0 Å². The molecule has 0 bridgehead atoms. The molecule has 0 aromatic heterocycles. The van der Waals surface area contributed by atoms with Crippen molar-refractivity contribution in [1.82, 2.24) is 0 Å². The van der Waals surface area contributed by atoms with Gasteiger partial charge in [-0.15, -0.1) is 8.78 Å². The summed E-state index contributed by atoms with van der Waals surface area (Å²) < 4.78 is 159. The van der Waals surface area contributed by atoms with Crippen LogP contribution in [0.15, 0.2) is 0 Å². The van der Waals surface area contributed by atoms with Crippen molar-refractivity contribution < 1.29 is 67.2 Å². The van der Waals surface area contributed by atoms with E-state index in [9.17, 15) is 57.1 Å². The first kappa shape index (κ1) is 20.3. The van der Waals surface area contributed by atoms with Crippen LogP contribution in [0.25, 0.3) is 0 Å². The molecule has 0 aromatic carbocycles. The van der Waals surface area contributed by atoms with Gasteiger partial charge in [0.05, 0.1) is 8.84 Å². The number of quaternary nitrogens is 1. The molecule has 0 spiro atoms. The number of halogens is 11. The Morgan fingerprint density at radius 1 is 0.714 bits per heavy atom. The molecular weight excluding hydrogens is 363 g/mol. The van der Waals surface area contributed by atoms with E-state index in [1.54, 1.807) is 5.90 Å². The molecule has 0 saturated carbocycles. The van der Waals surface area contributed by atoms with Crippen molar-refractivity contribution in [2.75, 3.05) is 0 Å². The molecule has 0 aliphatic carbocycles. The molecule has 1 radical (unpaired) electrons. The second kappa shape index (κ2) is 4.88. The van der Waals surface area contributed by atoms with E-state index in [1.807, 2.05) is 0 Å². The highest BCUT2D eigenvalue weighted by Gasteiger charge is 2.95. The van der Waals surface area contributed by atoms with E-state index in [2.05, 4.69) is 4.28 Å². The predicted molar refractivity (Wildman–Crippen MR) is 38.6 cm³/mol. The summed E-state index contributed by atoms with van der Waals surface area (Å²) in [5.74, 6) is -21.5. The van der Waals surface area contributed by atoms with Gasteiger partial charge in [0.25, 0.3) is 0 Å². The van der Waals surface area contributed by atoms with Crippen LogP contribution in [0, 0.1) is 0 Å². The molecule has 0 saturated heterocycles. The standard InChI is InChI=1S/C5H3F11NO3S/c6-1(7,2(8,9)4(12,13)14)3(10,11)5(15,16)21(18,19)20-17/h17H3/q+2. The molecule has 21 heavy (non-hydrogen) atoms. The van der Waals surface area contributed by atoms with E-state index in [0.29, 0.717) is 0 Å². The zero-order chi connectivity index (χ0) is 17.7. The van der Waals surface area contributed by atoms with Crippen molar-refractivity contribution in [1.29, 1.82) is 0 Å². The lowest BCUT2D eigenvalue weighted by Gasteiger charge is -2.33. The number of hydrogen-bond donors (Lipinski definition) is 1. The van der Waals surface area contributed by atoms with Gasteiger partial charge in [-0.3, -0.25) is 0 Å². The van der Waals surface area contributed by atoms with Crippen LogP contribution in [-0.4, -0.2) is 29.2 Å². The lowest BCUT2D eigenvalue weighted by molar-refractivity contribution is -0.639. The van der Waals surface area contributed by atoms with Gasteiger partial charge in [0.15, 0.2) is 0 Å². The molecule has 0 amide bonds. The van der Waals surface area contributed by atoms with Gasteiger partial charge in [0.2, 0.25) is 0 Å². The van der Waals surface area contributed by atoms with Crippen LogP contribution in [-0.2, 0) is 23.5 Å². The van der Waals surface area contributed by atoms with Gasteiger partial charge >= 0.3 is 39.7 Å². The zero-order valence-corrected chi connectivity index (χ0v) is 9.81. The number of alkyl halides is 11. The maximum absolute atomic E-state index is 12.7. The van der Waals surface area contributed by atoms with Crippen molar-refractivity contribution in [2.24, 2.45) is 0 Å². The van der Waals surface area contributed by atoms with Crippen LogP contribution in [0.1, 0.15) is 0 Å². The quantitative estimate of drug-likeness (QED) is 0.459. The fraction of sp³-hybridized carbons (Fsp3) is 1.00. The third-order valence-electron chi connectivity index (χ3n) is 1.98. The molecule has 4 nitrogen and oxygen atoms in total. The summed E-state index contributed by atoms with van der Waals surface area (Å²) in [6.07, 6.45) is -7.37. The SMILES string of the molecule is [NH3+]O[S+]([O])(=O)C(F)(F)C(F)(F)C(F)(F)C(F)(F)C(F)(F)F. The molecule has 0 aliphatic heterocycles. The van der Waals surface area contributed by atoms with Gasteiger partial charge in [-0.25, -0.2) is 0 Å². The Morgan fingerprint density at radius 2 is 1.05 bits per heavy atom. The average Bonchev–Trinajstić information content (AvgIpc) is 2.26. The van der Waals surface area contributed by atoms with E-state index >= 15 is 0 Å². The van der Waals surface area contributed by atoms with Crippen molar-refractivity contribution in [2.45, 2.75) is 29.2 Å². The molecule has 3 N–H and O–H groups in total. The molecule has 0 aromatic rings. The summed E-state index contributed by atoms with van der Waals surface area (Å²) >= 11 is 0. The Balaban J connectivity index is 6.20. The maximum Gasteiger partial charge on any atom is 0.554 e. The summed E-state index contributed by atoms with van der Waals surface area (Å²) in [6.45, 7) is 0. The number of rotatable bonds is 5. The maximum atomic E-state index is 12.7. The van der Waals surface area contributed by atoms with E-state index in [-0.39, 0.29) is 0 Å². The van der Waals surface area contributed by atoms with Crippen molar-refractivity contribution >= 4 is 10.5 Å². The topological polar surface area (TPSA) is 73.8 Å². The van der Waals surface area contributed by atoms with Crippen LogP contribution in [0.2, 0.25) is 0 Å². The van der Waals surface area contributed by atoms with Gasteiger partial charge in [-0.1, -0.05) is 0 Å². The average molecular weight is 366 g/mol. The van der Waals surface area contributed by atoms with Crippen LogP contribution in [0.5, 0.6) is 0 Å². The highest BCUT2D eigenvalue weighted by Crippen LogP contribution is 2.59. The Labute approximate surface area is 108 Å². The van der Waals surface area contributed by atoms with Gasteiger partial charge < -0.3 is 0 Å². The minimum absolute atomic E-state index is 1.67. The molecule has 1 atom stereocenters. The summed E-state index contributed by atoms with van der Waals surface area (Å²) in [5, 5.41) is -7.13. The molecular formula is C5H3F11NO3S+2. The van der Waals surface area contributed by atoms with Crippen LogP contribution in [0.4, 0.5) is 48.3 Å². The van der Waals surface area contributed by atoms with E-state index in [1.165, 1.54) is 0 Å². The smallest absolute Gasteiger partial charge is 0.192 e. The summed E-state index contributed by atoms with van der Waals surface area (Å²) in [5.41, 5.74) is 0. The highest BCUT2D eigenvalue weighted by molar-refractivity contribution is 7.93. The molecule has 0 heterocycles. The normalized spacial score (nSPS) is 18.5. The van der Waals surface area contributed by atoms with Crippen LogP contribution < -0.4 is 5.90 Å². The third-order valence-corrected chi connectivity index (χ3v) is 3.17. The van der Waals surface area contributed by atoms with Gasteiger partial charge in [0.1, 0.15) is 0 Å². The van der Waals surface area contributed by atoms with Crippen molar-refractivity contribution in [3.63, 3.8) is 0 Å². The fourth-order valence-electron chi connectivity index (χ4n) is 0.789. The first-order chi connectivity index (χ1) is 8.81. The summed E-state index contributed by atoms with van der Waals surface area (Å²) in [7, 11) is -7.02. The van der Waals surface area contributed by atoms with E-state index < -0.39 is 39.7 Å². The largest absolute Gasteiger partial charge is 0.554 e. The minimum atomic E-state index is -7.81. The second-order valence-electron chi connectivity index (χ2n) is 3.31. The molecule has 1 unspecified atom stereocenters. The Morgan fingerprint density at radius 3 is 1.29 bits per heavy atom. The van der Waals surface area contributed by atoms with E-state index in [4.69, 9.17) is 0 Å². The molecule has 127 valence electrons. The summed E-state index contributed by atoms with van der Waals surface area (Å²) in [4.78, 5) is 0. The molecule has 0 rings (SSSR count). The first-order valence-electron chi connectivity index (χ1n) is 4.07. The van der Waals surface area contributed by atoms with E-state index in [0.717, 1.165) is 0 Å². The minimum Gasteiger partial charge on any atom is -0.192 e. The van der Waals surface area contributed by atoms with Gasteiger partial charge in [0, 0.05) is 0 Å². The fourth-order valence-corrected chi connectivity index (χ4v) is 1.38. The monoisotopic (exact) mass is 366 g/mol. The Bertz CT molecular complexity index is 446. The summed E-state index contributed by atoms with van der Waals surface area (Å²) in [6, 6.07) is 0. The third kappa shape index (κ3) is 2.57. The number of hydrogen-bond acceptors (Lipinski definition) is 2.